The highest BCUT2D eigenvalue weighted by atomic mass is 16.3. The van der Waals surface area contributed by atoms with E-state index < -0.39 is 0 Å². The van der Waals surface area contributed by atoms with Crippen molar-refractivity contribution in [3.8, 4) is 0 Å². The summed E-state index contributed by atoms with van der Waals surface area (Å²) in [5.74, 6) is 3.43. The predicted octanol–water partition coefficient (Wildman–Crippen LogP) is 5.34. The summed E-state index contributed by atoms with van der Waals surface area (Å²) >= 11 is 0. The van der Waals surface area contributed by atoms with E-state index in [1.807, 2.05) is 0 Å². The number of rotatable bonds is 1. The highest BCUT2D eigenvalue weighted by Gasteiger charge is 2.63. The zero-order valence-corrected chi connectivity index (χ0v) is 14.8. The lowest BCUT2D eigenvalue weighted by Crippen LogP contribution is -2.55. The Kier molecular flexibility index (Phi) is 3.36. The summed E-state index contributed by atoms with van der Waals surface area (Å²) in [5.41, 5.74) is 0.253. The average molecular weight is 303 g/mol. The fraction of sp³-hybridized carbons (Fsp3) is 0.905. The van der Waals surface area contributed by atoms with Gasteiger partial charge in [-0.1, -0.05) is 32.9 Å². The van der Waals surface area contributed by atoms with Gasteiger partial charge in [-0.2, -0.15) is 0 Å². The third-order valence-electron chi connectivity index (χ3n) is 9.03. The Labute approximate surface area is 136 Å². The van der Waals surface area contributed by atoms with E-state index in [-0.39, 0.29) is 11.0 Å². The molecular formula is C21H34O. The second-order valence-corrected chi connectivity index (χ2v) is 9.38. The standard InChI is InChI=1S/C21H34O/c1-4-21(22)14-11-18-16-9-8-15-7-5-6-12-19(15,2)17(16)10-13-20(18,21)3/h6,12,15-18,22H,4-5,7-11,13-14H2,1-3H3/t15?,16-,17+,18+,19+,20+,21-/m1/s1. The van der Waals surface area contributed by atoms with Crippen molar-refractivity contribution in [3.63, 3.8) is 0 Å². The van der Waals surface area contributed by atoms with Gasteiger partial charge in [0.25, 0.3) is 0 Å². The normalized spacial score (nSPS) is 57.1. The van der Waals surface area contributed by atoms with E-state index in [1.165, 1.54) is 44.9 Å². The molecule has 0 aromatic rings. The van der Waals surface area contributed by atoms with Crippen molar-refractivity contribution >= 4 is 0 Å². The second-order valence-electron chi connectivity index (χ2n) is 9.38. The van der Waals surface area contributed by atoms with Crippen LogP contribution < -0.4 is 0 Å². The Hall–Kier alpha value is -0.300. The van der Waals surface area contributed by atoms with Gasteiger partial charge >= 0.3 is 0 Å². The van der Waals surface area contributed by atoms with E-state index in [0.29, 0.717) is 5.41 Å². The summed E-state index contributed by atoms with van der Waals surface area (Å²) in [7, 11) is 0. The maximum atomic E-state index is 11.2. The van der Waals surface area contributed by atoms with Crippen LogP contribution in [0, 0.1) is 34.5 Å². The Morgan fingerprint density at radius 2 is 1.77 bits per heavy atom. The molecule has 7 atom stereocenters. The highest BCUT2D eigenvalue weighted by Crippen LogP contribution is 2.67. The van der Waals surface area contributed by atoms with Crippen LogP contribution in [0.2, 0.25) is 0 Å². The number of allylic oxidation sites excluding steroid dienone is 2. The Balaban J connectivity index is 1.68. The van der Waals surface area contributed by atoms with Gasteiger partial charge in [-0.25, -0.2) is 0 Å². The van der Waals surface area contributed by atoms with Crippen LogP contribution in [-0.4, -0.2) is 10.7 Å². The van der Waals surface area contributed by atoms with Crippen LogP contribution in [0.3, 0.4) is 0 Å². The van der Waals surface area contributed by atoms with Gasteiger partial charge in [-0.05, 0) is 92.3 Å². The zero-order valence-electron chi connectivity index (χ0n) is 14.8. The van der Waals surface area contributed by atoms with Crippen LogP contribution in [0.4, 0.5) is 0 Å². The third-order valence-corrected chi connectivity index (χ3v) is 9.03. The molecule has 0 bridgehead atoms. The molecule has 0 amide bonds. The van der Waals surface area contributed by atoms with Crippen molar-refractivity contribution in [3.05, 3.63) is 12.2 Å². The molecule has 22 heavy (non-hydrogen) atoms. The van der Waals surface area contributed by atoms with Crippen molar-refractivity contribution in [2.45, 2.75) is 84.2 Å². The van der Waals surface area contributed by atoms with E-state index in [9.17, 15) is 5.11 Å². The molecule has 1 N–H and O–H groups in total. The predicted molar refractivity (Wildman–Crippen MR) is 91.5 cm³/mol. The van der Waals surface area contributed by atoms with Crippen LogP contribution in [0.25, 0.3) is 0 Å². The van der Waals surface area contributed by atoms with E-state index in [2.05, 4.69) is 32.9 Å². The van der Waals surface area contributed by atoms with Crippen LogP contribution in [0.1, 0.15) is 78.6 Å². The van der Waals surface area contributed by atoms with E-state index in [1.54, 1.807) is 0 Å². The number of hydrogen-bond acceptors (Lipinski definition) is 1. The van der Waals surface area contributed by atoms with Crippen LogP contribution in [0.5, 0.6) is 0 Å². The maximum absolute atomic E-state index is 11.2. The molecule has 0 aromatic carbocycles. The van der Waals surface area contributed by atoms with Gasteiger partial charge in [-0.15, -0.1) is 0 Å². The van der Waals surface area contributed by atoms with Crippen LogP contribution in [-0.2, 0) is 0 Å². The molecule has 4 rings (SSSR count). The van der Waals surface area contributed by atoms with Crippen molar-refractivity contribution in [1.82, 2.24) is 0 Å². The molecule has 0 aromatic heterocycles. The quantitative estimate of drug-likeness (QED) is 0.648. The van der Waals surface area contributed by atoms with Gasteiger partial charge in [0.2, 0.25) is 0 Å². The largest absolute Gasteiger partial charge is 0.389 e. The van der Waals surface area contributed by atoms with E-state index >= 15 is 0 Å². The Morgan fingerprint density at radius 3 is 2.55 bits per heavy atom. The zero-order chi connectivity index (χ0) is 15.6. The minimum Gasteiger partial charge on any atom is -0.389 e. The first-order valence-corrected chi connectivity index (χ1v) is 9.85. The van der Waals surface area contributed by atoms with Crippen molar-refractivity contribution in [2.24, 2.45) is 34.5 Å². The van der Waals surface area contributed by atoms with Gasteiger partial charge < -0.3 is 5.11 Å². The summed E-state index contributed by atoms with van der Waals surface area (Å²) in [6, 6.07) is 0. The lowest BCUT2D eigenvalue weighted by molar-refractivity contribution is -0.138. The van der Waals surface area contributed by atoms with Crippen molar-refractivity contribution in [2.75, 3.05) is 0 Å². The van der Waals surface area contributed by atoms with Gasteiger partial charge in [0.15, 0.2) is 0 Å². The minimum absolute atomic E-state index is 0.185. The summed E-state index contributed by atoms with van der Waals surface area (Å²) < 4.78 is 0. The van der Waals surface area contributed by atoms with Gasteiger partial charge in [0.05, 0.1) is 5.60 Å². The third kappa shape index (κ3) is 1.75. The molecule has 124 valence electrons. The molecule has 0 saturated heterocycles. The fourth-order valence-electron chi connectivity index (χ4n) is 7.51. The molecule has 4 aliphatic rings. The summed E-state index contributed by atoms with van der Waals surface area (Å²) in [4.78, 5) is 0. The highest BCUT2D eigenvalue weighted by molar-refractivity contribution is 5.17. The lowest BCUT2D eigenvalue weighted by atomic mass is 9.45. The molecule has 0 aliphatic heterocycles. The van der Waals surface area contributed by atoms with E-state index in [0.717, 1.165) is 36.5 Å². The lowest BCUT2D eigenvalue weighted by Gasteiger charge is -2.60. The first-order valence-electron chi connectivity index (χ1n) is 9.85. The molecule has 0 heterocycles. The minimum atomic E-state index is -0.386. The number of fused-ring (bicyclic) bond motifs is 5. The SMILES string of the molecule is CC[C@@]1(O)CC[C@H]2[C@@H]3CCC4CCC=C[C@]4(C)[C@H]3CC[C@@]21C. The molecule has 3 saturated carbocycles. The molecular weight excluding hydrogens is 268 g/mol. The number of aliphatic hydroxyl groups is 1. The molecule has 1 nitrogen and oxygen atoms in total. The van der Waals surface area contributed by atoms with E-state index in [4.69, 9.17) is 0 Å². The molecule has 1 heteroatoms. The van der Waals surface area contributed by atoms with Crippen molar-refractivity contribution < 1.29 is 5.11 Å². The maximum Gasteiger partial charge on any atom is 0.0701 e. The molecule has 1 unspecified atom stereocenters. The van der Waals surface area contributed by atoms with Crippen LogP contribution >= 0.6 is 0 Å². The number of hydrogen-bond donors (Lipinski definition) is 1. The fourth-order valence-corrected chi connectivity index (χ4v) is 7.51. The summed E-state index contributed by atoms with van der Waals surface area (Å²) in [6.45, 7) is 7.19. The average Bonchev–Trinajstić information content (AvgIpc) is 2.79. The summed E-state index contributed by atoms with van der Waals surface area (Å²) in [5, 5.41) is 11.2. The van der Waals surface area contributed by atoms with Gasteiger partial charge in [0.1, 0.15) is 0 Å². The molecule has 3 fully saturated rings. The van der Waals surface area contributed by atoms with Gasteiger partial charge in [-0.3, -0.25) is 0 Å². The smallest absolute Gasteiger partial charge is 0.0701 e. The second kappa shape index (κ2) is 4.85. The topological polar surface area (TPSA) is 20.2 Å². The first kappa shape index (κ1) is 15.2. The monoisotopic (exact) mass is 302 g/mol. The first-order chi connectivity index (χ1) is 10.4. The molecule has 0 spiro atoms. The van der Waals surface area contributed by atoms with Gasteiger partial charge in [0, 0.05) is 0 Å². The molecule has 4 aliphatic carbocycles. The molecule has 0 radical (unpaired) electrons. The van der Waals surface area contributed by atoms with Crippen molar-refractivity contribution in [1.29, 1.82) is 0 Å². The van der Waals surface area contributed by atoms with Crippen LogP contribution in [0.15, 0.2) is 12.2 Å². The summed E-state index contributed by atoms with van der Waals surface area (Å²) in [6.07, 6.45) is 16.5. The Bertz CT molecular complexity index is 482. The Morgan fingerprint density at radius 1 is 1.00 bits per heavy atom.